The first-order chi connectivity index (χ1) is 12.7. The number of anilines is 1. The normalized spacial score (nSPS) is 12.4. The van der Waals surface area contributed by atoms with Crippen molar-refractivity contribution in [3.63, 3.8) is 0 Å². The SMILES string of the molecule is COC[C@@H](C)NC(=O)c1ccc(CN(c2cccc(C)c2)S(C)(=O)=O)cc1. The van der Waals surface area contributed by atoms with Crippen LogP contribution in [0.4, 0.5) is 5.69 Å². The molecule has 0 spiro atoms. The molecule has 2 rings (SSSR count). The van der Waals surface area contributed by atoms with Crippen LogP contribution in [0, 0.1) is 6.92 Å². The Labute approximate surface area is 161 Å². The molecule has 0 aliphatic rings. The molecule has 1 amide bonds. The molecule has 7 heteroatoms. The van der Waals surface area contributed by atoms with E-state index >= 15 is 0 Å². The summed E-state index contributed by atoms with van der Waals surface area (Å²) < 4.78 is 30.9. The molecule has 1 N–H and O–H groups in total. The largest absolute Gasteiger partial charge is 0.383 e. The average Bonchev–Trinajstić information content (AvgIpc) is 2.59. The molecule has 0 bridgehead atoms. The van der Waals surface area contributed by atoms with Crippen molar-refractivity contribution >= 4 is 21.6 Å². The fourth-order valence-electron chi connectivity index (χ4n) is 2.71. The van der Waals surface area contributed by atoms with Crippen LogP contribution in [0.2, 0.25) is 0 Å². The van der Waals surface area contributed by atoms with Crippen molar-refractivity contribution in [2.24, 2.45) is 0 Å². The third-order valence-corrected chi connectivity index (χ3v) is 5.17. The zero-order valence-electron chi connectivity index (χ0n) is 16.1. The van der Waals surface area contributed by atoms with Crippen molar-refractivity contribution in [3.8, 4) is 0 Å². The Balaban J connectivity index is 2.16. The predicted molar refractivity (Wildman–Crippen MR) is 107 cm³/mol. The summed E-state index contributed by atoms with van der Waals surface area (Å²) in [5, 5.41) is 2.84. The van der Waals surface area contributed by atoms with E-state index < -0.39 is 10.0 Å². The van der Waals surface area contributed by atoms with Crippen LogP contribution in [0.5, 0.6) is 0 Å². The van der Waals surface area contributed by atoms with E-state index in [1.807, 2.05) is 32.0 Å². The molecule has 1 atom stereocenters. The van der Waals surface area contributed by atoms with E-state index in [1.54, 1.807) is 37.4 Å². The first-order valence-electron chi connectivity index (χ1n) is 8.64. The van der Waals surface area contributed by atoms with E-state index in [1.165, 1.54) is 10.6 Å². The number of hydrogen-bond donors (Lipinski definition) is 1. The van der Waals surface area contributed by atoms with Crippen LogP contribution >= 0.6 is 0 Å². The van der Waals surface area contributed by atoms with E-state index in [4.69, 9.17) is 4.74 Å². The summed E-state index contributed by atoms with van der Waals surface area (Å²) in [6, 6.07) is 14.2. The number of ether oxygens (including phenoxy) is 1. The molecule has 0 fully saturated rings. The van der Waals surface area contributed by atoms with Crippen LogP contribution in [0.25, 0.3) is 0 Å². The van der Waals surface area contributed by atoms with Crippen LogP contribution in [0.15, 0.2) is 48.5 Å². The maximum atomic E-state index is 12.3. The Bertz CT molecular complexity index is 879. The Hall–Kier alpha value is -2.38. The van der Waals surface area contributed by atoms with Gasteiger partial charge in [0.1, 0.15) is 0 Å². The molecule has 0 aromatic heterocycles. The Morgan fingerprint density at radius 2 is 1.85 bits per heavy atom. The molecule has 146 valence electrons. The lowest BCUT2D eigenvalue weighted by molar-refractivity contribution is 0.0905. The molecular formula is C20H26N2O4S. The van der Waals surface area contributed by atoms with Crippen LogP contribution in [0.3, 0.4) is 0 Å². The average molecular weight is 391 g/mol. The molecule has 0 heterocycles. The monoisotopic (exact) mass is 390 g/mol. The van der Waals surface area contributed by atoms with Crippen molar-refractivity contribution in [1.29, 1.82) is 0 Å². The minimum absolute atomic E-state index is 0.0933. The summed E-state index contributed by atoms with van der Waals surface area (Å²) in [5.74, 6) is -0.190. The zero-order chi connectivity index (χ0) is 20.0. The van der Waals surface area contributed by atoms with Gasteiger partial charge in [-0.15, -0.1) is 0 Å². The number of carbonyl (C=O) groups excluding carboxylic acids is 1. The maximum Gasteiger partial charge on any atom is 0.251 e. The number of carbonyl (C=O) groups is 1. The van der Waals surface area contributed by atoms with Gasteiger partial charge in [0.15, 0.2) is 0 Å². The smallest absolute Gasteiger partial charge is 0.251 e. The maximum absolute atomic E-state index is 12.3. The van der Waals surface area contributed by atoms with Gasteiger partial charge in [-0.3, -0.25) is 9.10 Å². The van der Waals surface area contributed by atoms with Gasteiger partial charge in [0.2, 0.25) is 10.0 Å². The second kappa shape index (κ2) is 9.01. The lowest BCUT2D eigenvalue weighted by Crippen LogP contribution is -2.35. The summed E-state index contributed by atoms with van der Waals surface area (Å²) in [6.45, 7) is 4.41. The number of nitrogens with zero attached hydrogens (tertiary/aromatic N) is 1. The molecule has 6 nitrogen and oxygen atoms in total. The van der Waals surface area contributed by atoms with Gasteiger partial charge in [-0.2, -0.15) is 0 Å². The molecular weight excluding hydrogens is 364 g/mol. The van der Waals surface area contributed by atoms with Crippen molar-refractivity contribution < 1.29 is 17.9 Å². The van der Waals surface area contributed by atoms with Gasteiger partial charge < -0.3 is 10.1 Å². The van der Waals surface area contributed by atoms with Gasteiger partial charge in [-0.25, -0.2) is 8.42 Å². The number of hydrogen-bond acceptors (Lipinski definition) is 4. The highest BCUT2D eigenvalue weighted by molar-refractivity contribution is 7.92. The number of sulfonamides is 1. The third-order valence-electron chi connectivity index (χ3n) is 4.03. The minimum Gasteiger partial charge on any atom is -0.383 e. The topological polar surface area (TPSA) is 75.7 Å². The summed E-state index contributed by atoms with van der Waals surface area (Å²) in [4.78, 5) is 12.2. The predicted octanol–water partition coefficient (Wildman–Crippen LogP) is 2.73. The highest BCUT2D eigenvalue weighted by Crippen LogP contribution is 2.22. The van der Waals surface area contributed by atoms with Gasteiger partial charge in [-0.1, -0.05) is 24.3 Å². The van der Waals surface area contributed by atoms with Crippen molar-refractivity contribution in [1.82, 2.24) is 5.32 Å². The van der Waals surface area contributed by atoms with Gasteiger partial charge in [-0.05, 0) is 49.2 Å². The lowest BCUT2D eigenvalue weighted by atomic mass is 10.1. The van der Waals surface area contributed by atoms with E-state index in [-0.39, 0.29) is 18.5 Å². The number of aryl methyl sites for hydroxylation is 1. The van der Waals surface area contributed by atoms with Gasteiger partial charge in [0, 0.05) is 18.7 Å². The Kier molecular flexibility index (Phi) is 6.98. The van der Waals surface area contributed by atoms with E-state index in [0.717, 1.165) is 11.1 Å². The number of amides is 1. The summed E-state index contributed by atoms with van der Waals surface area (Å²) in [7, 11) is -1.86. The van der Waals surface area contributed by atoms with Gasteiger partial charge in [0.25, 0.3) is 5.91 Å². The number of methoxy groups -OCH3 is 1. The standard InChI is InChI=1S/C20H26N2O4S/c1-15-6-5-7-19(12-15)22(27(4,24)25)13-17-8-10-18(11-9-17)20(23)21-16(2)14-26-3/h5-12,16H,13-14H2,1-4H3,(H,21,23)/t16-/m1/s1. The molecule has 2 aromatic rings. The third kappa shape index (κ3) is 6.08. The summed E-state index contributed by atoms with van der Waals surface area (Å²) in [6.07, 6.45) is 1.19. The Morgan fingerprint density at radius 1 is 1.19 bits per heavy atom. The minimum atomic E-state index is -3.44. The molecule has 0 aliphatic heterocycles. The first-order valence-corrected chi connectivity index (χ1v) is 10.5. The molecule has 0 radical (unpaired) electrons. The molecule has 0 saturated carbocycles. The van der Waals surface area contributed by atoms with E-state index in [2.05, 4.69) is 5.32 Å². The number of nitrogens with one attached hydrogen (secondary N) is 1. The van der Waals surface area contributed by atoms with Crippen LogP contribution in [-0.4, -0.2) is 40.3 Å². The van der Waals surface area contributed by atoms with Gasteiger partial charge in [0.05, 0.1) is 25.1 Å². The fraction of sp³-hybridized carbons (Fsp3) is 0.350. The highest BCUT2D eigenvalue weighted by atomic mass is 32.2. The Morgan fingerprint density at radius 3 is 2.41 bits per heavy atom. The summed E-state index contributed by atoms with van der Waals surface area (Å²) in [5.41, 5.74) is 2.91. The highest BCUT2D eigenvalue weighted by Gasteiger charge is 2.18. The van der Waals surface area contributed by atoms with Crippen molar-refractivity contribution in [2.75, 3.05) is 24.3 Å². The van der Waals surface area contributed by atoms with Gasteiger partial charge >= 0.3 is 0 Å². The van der Waals surface area contributed by atoms with Crippen molar-refractivity contribution in [2.45, 2.75) is 26.4 Å². The zero-order valence-corrected chi connectivity index (χ0v) is 16.9. The number of benzene rings is 2. The summed E-state index contributed by atoms with van der Waals surface area (Å²) >= 11 is 0. The quantitative estimate of drug-likeness (QED) is 0.752. The molecule has 2 aromatic carbocycles. The van der Waals surface area contributed by atoms with Crippen molar-refractivity contribution in [3.05, 3.63) is 65.2 Å². The lowest BCUT2D eigenvalue weighted by Gasteiger charge is -2.23. The fourth-order valence-corrected chi connectivity index (χ4v) is 3.59. The molecule has 27 heavy (non-hydrogen) atoms. The first kappa shape index (κ1) is 20.9. The molecule has 0 unspecified atom stereocenters. The second-order valence-corrected chi connectivity index (χ2v) is 8.54. The second-order valence-electron chi connectivity index (χ2n) is 6.64. The molecule has 0 aliphatic carbocycles. The van der Waals surface area contributed by atoms with Crippen LogP contribution in [-0.2, 0) is 21.3 Å². The van der Waals surface area contributed by atoms with Crippen LogP contribution in [0.1, 0.15) is 28.4 Å². The van der Waals surface area contributed by atoms with E-state index in [9.17, 15) is 13.2 Å². The van der Waals surface area contributed by atoms with Crippen LogP contribution < -0.4 is 9.62 Å². The number of rotatable bonds is 8. The molecule has 0 saturated heterocycles. The van der Waals surface area contributed by atoms with E-state index in [0.29, 0.717) is 17.9 Å².